The molecule has 0 spiro atoms. The lowest BCUT2D eigenvalue weighted by atomic mass is 10.1. The Hall–Kier alpha value is -3.10. The van der Waals surface area contributed by atoms with Crippen LogP contribution in [0.3, 0.4) is 0 Å². The highest BCUT2D eigenvalue weighted by molar-refractivity contribution is 5.67. The highest BCUT2D eigenvalue weighted by atomic mass is 19.1. The Bertz CT molecular complexity index is 988. The quantitative estimate of drug-likeness (QED) is 0.368. The molecule has 1 aromatic heterocycles. The van der Waals surface area contributed by atoms with E-state index in [0.29, 0.717) is 42.9 Å². The average molecular weight is 496 g/mol. The van der Waals surface area contributed by atoms with Gasteiger partial charge >= 0.3 is 6.09 Å². The highest BCUT2D eigenvalue weighted by Gasteiger charge is 2.26. The molecule has 35 heavy (non-hydrogen) atoms. The maximum Gasteiger partial charge on any atom is 0.410 e. The van der Waals surface area contributed by atoms with Crippen molar-refractivity contribution in [1.82, 2.24) is 20.3 Å². The molecule has 1 amide bonds. The van der Waals surface area contributed by atoms with Gasteiger partial charge in [0.1, 0.15) is 17.8 Å². The van der Waals surface area contributed by atoms with Gasteiger partial charge in [0, 0.05) is 25.9 Å². The smallest absolute Gasteiger partial charge is 0.410 e. The number of piperidine rings is 1. The zero-order valence-corrected chi connectivity index (χ0v) is 19.7. The lowest BCUT2D eigenvalue weighted by Gasteiger charge is -2.31. The van der Waals surface area contributed by atoms with Crippen LogP contribution in [-0.4, -0.2) is 68.7 Å². The fraction of sp³-hybridized carbons (Fsp3) is 0.500. The van der Waals surface area contributed by atoms with E-state index in [1.807, 2.05) is 13.8 Å². The number of amides is 1. The molecule has 1 saturated heterocycles. The van der Waals surface area contributed by atoms with Gasteiger partial charge in [0.2, 0.25) is 11.8 Å². The predicted octanol–water partition coefficient (Wildman–Crippen LogP) is 3.67. The molecule has 3 rings (SSSR count). The van der Waals surface area contributed by atoms with Gasteiger partial charge < -0.3 is 19.1 Å². The number of benzene rings is 1. The normalized spacial score (nSPS) is 14.5. The van der Waals surface area contributed by atoms with Crippen LogP contribution >= 0.6 is 0 Å². The maximum absolute atomic E-state index is 14.6. The molecule has 0 atom stereocenters. The lowest BCUT2D eigenvalue weighted by molar-refractivity contribution is -0.605. The molecule has 12 nitrogen and oxygen atoms in total. The number of rotatable bonds is 10. The van der Waals surface area contributed by atoms with Crippen LogP contribution in [0.25, 0.3) is 0 Å². The van der Waals surface area contributed by atoms with E-state index in [-0.39, 0.29) is 48.3 Å². The number of hydrogen-bond acceptors (Lipinski definition) is 11. The monoisotopic (exact) mass is 496 g/mol. The highest BCUT2D eigenvalue weighted by Crippen LogP contribution is 2.30. The molecule has 192 valence electrons. The number of halogens is 1. The van der Waals surface area contributed by atoms with Crippen molar-refractivity contribution >= 4 is 6.09 Å². The van der Waals surface area contributed by atoms with Crippen LogP contribution in [0.5, 0.6) is 17.5 Å². The van der Waals surface area contributed by atoms with Gasteiger partial charge in [0.25, 0.3) is 0 Å². The third-order valence-corrected chi connectivity index (χ3v) is 5.17. The SMILES string of the molecule is Cc1c(Oc2ccc(CCON(O)OO)cc2F)ncnc1OC1CCN(C(=O)OC(C)C)CC1. The first kappa shape index (κ1) is 26.5. The van der Waals surface area contributed by atoms with Crippen molar-refractivity contribution in [3.63, 3.8) is 0 Å². The number of hydrogen-bond donors (Lipinski definition) is 2. The molecule has 1 aliphatic rings. The topological polar surface area (TPSA) is 136 Å². The van der Waals surface area contributed by atoms with Gasteiger partial charge in [-0.2, -0.15) is 0 Å². The van der Waals surface area contributed by atoms with E-state index in [2.05, 4.69) is 19.8 Å². The summed E-state index contributed by atoms with van der Waals surface area (Å²) in [7, 11) is 0. The summed E-state index contributed by atoms with van der Waals surface area (Å²) in [5, 5.41) is 16.8. The summed E-state index contributed by atoms with van der Waals surface area (Å²) in [6.07, 6.45) is 2.09. The maximum atomic E-state index is 14.6. The number of likely N-dealkylation sites (tertiary alicyclic amines) is 1. The minimum absolute atomic E-state index is 0.0399. The number of ether oxygens (including phenoxy) is 3. The predicted molar refractivity (Wildman–Crippen MR) is 117 cm³/mol. The molecule has 0 radical (unpaired) electrons. The number of carbonyl (C=O) groups excluding carboxylic acids is 1. The van der Waals surface area contributed by atoms with Gasteiger partial charge in [-0.15, -0.1) is 0 Å². The van der Waals surface area contributed by atoms with Crippen molar-refractivity contribution in [2.24, 2.45) is 0 Å². The van der Waals surface area contributed by atoms with Crippen LogP contribution in [-0.2, 0) is 21.0 Å². The molecule has 2 heterocycles. The molecule has 13 heteroatoms. The van der Waals surface area contributed by atoms with E-state index in [0.717, 1.165) is 0 Å². The second-order valence-corrected chi connectivity index (χ2v) is 8.12. The Kier molecular flexibility index (Phi) is 9.51. The van der Waals surface area contributed by atoms with Crippen LogP contribution < -0.4 is 9.47 Å². The summed E-state index contributed by atoms with van der Waals surface area (Å²) in [4.78, 5) is 30.0. The zero-order valence-electron chi connectivity index (χ0n) is 19.7. The summed E-state index contributed by atoms with van der Waals surface area (Å²) < 4.78 is 31.5. The number of aromatic nitrogens is 2. The summed E-state index contributed by atoms with van der Waals surface area (Å²) in [6, 6.07) is 4.32. The van der Waals surface area contributed by atoms with Crippen LogP contribution in [0.2, 0.25) is 0 Å². The Morgan fingerprint density at radius 2 is 1.97 bits per heavy atom. The van der Waals surface area contributed by atoms with Gasteiger partial charge in [0.15, 0.2) is 11.6 Å². The van der Waals surface area contributed by atoms with Gasteiger partial charge in [-0.1, -0.05) is 11.1 Å². The number of carbonyl (C=O) groups is 1. The second kappa shape index (κ2) is 12.6. The Labute approximate surface area is 201 Å². The summed E-state index contributed by atoms with van der Waals surface area (Å²) in [5.41, 5.74) is 1.08. The van der Waals surface area contributed by atoms with E-state index in [1.165, 1.54) is 18.5 Å². The zero-order chi connectivity index (χ0) is 25.4. The Balaban J connectivity index is 1.57. The third-order valence-electron chi connectivity index (χ3n) is 5.17. The van der Waals surface area contributed by atoms with E-state index >= 15 is 0 Å². The minimum atomic E-state index is -0.622. The molecule has 1 fully saturated rings. The van der Waals surface area contributed by atoms with Gasteiger partial charge in [-0.3, -0.25) is 5.21 Å². The van der Waals surface area contributed by atoms with Crippen molar-refractivity contribution in [3.05, 3.63) is 41.5 Å². The first-order chi connectivity index (χ1) is 16.8. The van der Waals surface area contributed by atoms with Crippen molar-refractivity contribution < 1.29 is 43.7 Å². The van der Waals surface area contributed by atoms with E-state index in [4.69, 9.17) is 24.7 Å². The molecule has 1 aromatic carbocycles. The summed E-state index contributed by atoms with van der Waals surface area (Å²) >= 11 is 0. The molecule has 0 bridgehead atoms. The molecule has 0 saturated carbocycles. The molecule has 2 N–H and O–H groups in total. The van der Waals surface area contributed by atoms with Crippen LogP contribution in [0.1, 0.15) is 37.8 Å². The van der Waals surface area contributed by atoms with Crippen LogP contribution in [0.15, 0.2) is 24.5 Å². The molecular weight excluding hydrogens is 467 g/mol. The van der Waals surface area contributed by atoms with Crippen molar-refractivity contribution in [3.8, 4) is 17.5 Å². The third kappa shape index (κ3) is 7.70. The fourth-order valence-electron chi connectivity index (χ4n) is 3.38. The first-order valence-electron chi connectivity index (χ1n) is 11.1. The van der Waals surface area contributed by atoms with Gasteiger partial charge in [0.05, 0.1) is 18.3 Å². The molecule has 1 aliphatic heterocycles. The molecular formula is C22H29FN4O8. The van der Waals surface area contributed by atoms with Gasteiger partial charge in [-0.25, -0.2) is 29.2 Å². The first-order valence-corrected chi connectivity index (χ1v) is 11.1. The van der Waals surface area contributed by atoms with Gasteiger partial charge in [-0.05, 0) is 44.9 Å². The fourth-order valence-corrected chi connectivity index (χ4v) is 3.38. The van der Waals surface area contributed by atoms with Crippen LogP contribution in [0, 0.1) is 12.7 Å². The summed E-state index contributed by atoms with van der Waals surface area (Å²) in [5.74, 6) is -0.184. The van der Waals surface area contributed by atoms with E-state index < -0.39 is 5.82 Å². The van der Waals surface area contributed by atoms with E-state index in [1.54, 1.807) is 17.9 Å². The summed E-state index contributed by atoms with van der Waals surface area (Å²) in [6.45, 7) is 6.28. The molecule has 2 aromatic rings. The standard InChI is InChI=1S/C22H29FN4O8/c1-14(2)32-22(28)26-9-6-17(7-10-26)33-20-15(3)21(25-13-24-20)34-19-5-4-16(12-18(19)23)8-11-31-27(29)35-30/h4-5,12-14,17,29-30H,6-11H2,1-3H3. The lowest BCUT2D eigenvalue weighted by Crippen LogP contribution is -2.42. The van der Waals surface area contributed by atoms with E-state index in [9.17, 15) is 9.18 Å². The minimum Gasteiger partial charge on any atom is -0.474 e. The second-order valence-electron chi connectivity index (χ2n) is 8.12. The average Bonchev–Trinajstić information content (AvgIpc) is 2.83. The molecule has 0 aliphatic carbocycles. The Morgan fingerprint density at radius 1 is 1.26 bits per heavy atom. The largest absolute Gasteiger partial charge is 0.474 e. The van der Waals surface area contributed by atoms with Crippen molar-refractivity contribution in [1.29, 1.82) is 0 Å². The Morgan fingerprint density at radius 3 is 2.63 bits per heavy atom. The molecule has 0 unspecified atom stereocenters. The van der Waals surface area contributed by atoms with Crippen molar-refractivity contribution in [2.75, 3.05) is 19.7 Å². The van der Waals surface area contributed by atoms with Crippen LogP contribution in [0.4, 0.5) is 9.18 Å². The number of nitrogens with zero attached hydrogens (tertiary/aromatic N) is 4. The van der Waals surface area contributed by atoms with Crippen molar-refractivity contribution in [2.45, 2.75) is 52.2 Å².